The summed E-state index contributed by atoms with van der Waals surface area (Å²) in [5.41, 5.74) is 3.39. The SMILES string of the molecule is C=CCN1CC(=O)N2C([C@H](C)N(Cc3cccc4cccnc34)C(=O)[C@@H]2Cc2ccc(O)cc2)N1C(=O)N[C@H](C)c1ccccc1. The fraction of sp³-hybridized carbons (Fsp3) is 0.278. The molecule has 236 valence electrons. The average molecular weight is 619 g/mol. The van der Waals surface area contributed by atoms with Crippen molar-refractivity contribution < 1.29 is 19.5 Å². The minimum absolute atomic E-state index is 0.0883. The lowest BCUT2D eigenvalue weighted by molar-refractivity contribution is -0.198. The molecule has 10 heteroatoms. The monoisotopic (exact) mass is 618 g/mol. The normalized spacial score (nSPS) is 20.8. The number of aromatic nitrogens is 1. The highest BCUT2D eigenvalue weighted by atomic mass is 16.3. The Bertz CT molecular complexity index is 1740. The Kier molecular flexibility index (Phi) is 8.72. The van der Waals surface area contributed by atoms with E-state index in [1.54, 1.807) is 56.4 Å². The standard InChI is InChI=1S/C36H38N6O4/c1-4-20-39-23-32(44)41-31(21-26-15-17-30(43)18-16-26)35(45)40(22-29-13-8-12-28-14-9-19-37-33(28)29)25(3)34(41)42(39)36(46)38-24(2)27-10-6-5-7-11-27/h4-19,24-25,31,34,43H,1,20-23H2,2-3H3,(H,38,46)/t24-,25+,31+,34?/m1/s1. The van der Waals surface area contributed by atoms with Crippen LogP contribution >= 0.6 is 0 Å². The average Bonchev–Trinajstić information content (AvgIpc) is 3.06. The molecule has 4 aromatic rings. The van der Waals surface area contributed by atoms with Crippen molar-refractivity contribution in [1.82, 2.24) is 30.1 Å². The zero-order valence-electron chi connectivity index (χ0n) is 26.0. The number of fused-ring (bicyclic) bond motifs is 2. The summed E-state index contributed by atoms with van der Waals surface area (Å²) < 4.78 is 0. The number of phenolic OH excluding ortho intramolecular Hbond substituents is 1. The smallest absolute Gasteiger partial charge is 0.334 e. The molecule has 0 aliphatic carbocycles. The van der Waals surface area contributed by atoms with Crippen molar-refractivity contribution in [3.05, 3.63) is 120 Å². The van der Waals surface area contributed by atoms with Gasteiger partial charge in [0.2, 0.25) is 11.8 Å². The molecule has 46 heavy (non-hydrogen) atoms. The molecule has 0 radical (unpaired) electrons. The molecule has 4 amide bonds. The molecule has 0 bridgehead atoms. The van der Waals surface area contributed by atoms with Gasteiger partial charge in [-0.25, -0.2) is 14.8 Å². The molecule has 1 unspecified atom stereocenters. The van der Waals surface area contributed by atoms with E-state index in [2.05, 4.69) is 16.9 Å². The number of hydrogen-bond acceptors (Lipinski definition) is 6. The van der Waals surface area contributed by atoms with Gasteiger partial charge in [0.15, 0.2) is 0 Å². The first-order valence-corrected chi connectivity index (χ1v) is 15.5. The van der Waals surface area contributed by atoms with Crippen LogP contribution in [0, 0.1) is 0 Å². The first-order chi connectivity index (χ1) is 22.3. The number of rotatable bonds is 8. The summed E-state index contributed by atoms with van der Waals surface area (Å²) in [7, 11) is 0. The second-order valence-electron chi connectivity index (χ2n) is 11.9. The van der Waals surface area contributed by atoms with Gasteiger partial charge in [-0.15, -0.1) is 6.58 Å². The molecule has 2 N–H and O–H groups in total. The van der Waals surface area contributed by atoms with Gasteiger partial charge in [0.1, 0.15) is 18.0 Å². The minimum atomic E-state index is -0.881. The van der Waals surface area contributed by atoms with E-state index in [1.807, 2.05) is 74.5 Å². The Morgan fingerprint density at radius 1 is 1.04 bits per heavy atom. The maximum absolute atomic E-state index is 14.5. The zero-order chi connectivity index (χ0) is 32.4. The van der Waals surface area contributed by atoms with E-state index in [4.69, 9.17) is 0 Å². The number of para-hydroxylation sites is 1. The van der Waals surface area contributed by atoms with Crippen LogP contribution in [-0.2, 0) is 22.6 Å². The number of hydrazine groups is 1. The summed E-state index contributed by atoms with van der Waals surface area (Å²) in [4.78, 5) is 50.7. The van der Waals surface area contributed by atoms with Crippen molar-refractivity contribution >= 4 is 28.7 Å². The molecule has 2 saturated heterocycles. The Hall–Kier alpha value is -5.22. The van der Waals surface area contributed by atoms with E-state index in [-0.39, 0.29) is 55.7 Å². The molecule has 1 aromatic heterocycles. The molecule has 0 saturated carbocycles. The van der Waals surface area contributed by atoms with E-state index < -0.39 is 18.2 Å². The van der Waals surface area contributed by atoms with Crippen molar-refractivity contribution in [2.45, 2.75) is 51.1 Å². The zero-order valence-corrected chi connectivity index (χ0v) is 26.0. The summed E-state index contributed by atoms with van der Waals surface area (Å²) in [6.07, 6.45) is 2.81. The third-order valence-corrected chi connectivity index (χ3v) is 8.88. The minimum Gasteiger partial charge on any atom is -0.508 e. The van der Waals surface area contributed by atoms with Gasteiger partial charge < -0.3 is 20.2 Å². The second-order valence-corrected chi connectivity index (χ2v) is 11.9. The molecule has 2 aliphatic rings. The second kappa shape index (κ2) is 13.0. The largest absolute Gasteiger partial charge is 0.508 e. The number of phenols is 1. The van der Waals surface area contributed by atoms with Crippen molar-refractivity contribution in [1.29, 1.82) is 0 Å². The number of piperazine rings is 1. The number of carbonyl (C=O) groups excluding carboxylic acids is 3. The first-order valence-electron chi connectivity index (χ1n) is 15.5. The van der Waals surface area contributed by atoms with Crippen LogP contribution in [0.3, 0.4) is 0 Å². The Labute approximate surface area is 268 Å². The molecule has 2 aliphatic heterocycles. The lowest BCUT2D eigenvalue weighted by Gasteiger charge is -2.58. The fourth-order valence-electron chi connectivity index (χ4n) is 6.58. The molecule has 3 aromatic carbocycles. The summed E-state index contributed by atoms with van der Waals surface area (Å²) in [6, 6.07) is 23.9. The molecule has 4 atom stereocenters. The molecule has 3 heterocycles. The van der Waals surface area contributed by atoms with E-state index in [0.29, 0.717) is 0 Å². The number of nitrogens with zero attached hydrogens (tertiary/aromatic N) is 5. The van der Waals surface area contributed by atoms with Gasteiger partial charge in [-0.2, -0.15) is 0 Å². The number of aromatic hydroxyl groups is 1. The maximum Gasteiger partial charge on any atom is 0.334 e. The predicted molar refractivity (Wildman–Crippen MR) is 175 cm³/mol. The van der Waals surface area contributed by atoms with Gasteiger partial charge >= 0.3 is 6.03 Å². The molecule has 10 nitrogen and oxygen atoms in total. The highest BCUT2D eigenvalue weighted by Crippen LogP contribution is 2.34. The number of carbonyl (C=O) groups is 3. The number of amides is 4. The number of urea groups is 1. The Balaban J connectivity index is 1.42. The van der Waals surface area contributed by atoms with Crippen LogP contribution in [0.1, 0.15) is 36.6 Å². The maximum atomic E-state index is 14.5. The Morgan fingerprint density at radius 3 is 2.52 bits per heavy atom. The van der Waals surface area contributed by atoms with Crippen LogP contribution < -0.4 is 5.32 Å². The number of benzene rings is 3. The number of nitrogens with one attached hydrogen (secondary N) is 1. The van der Waals surface area contributed by atoms with Crippen molar-refractivity contribution in [3.8, 4) is 5.75 Å². The van der Waals surface area contributed by atoms with Crippen LogP contribution in [0.4, 0.5) is 4.79 Å². The predicted octanol–water partition coefficient (Wildman–Crippen LogP) is 4.63. The van der Waals surface area contributed by atoms with Gasteiger partial charge in [0.05, 0.1) is 24.1 Å². The molecule has 2 fully saturated rings. The Morgan fingerprint density at radius 2 is 1.78 bits per heavy atom. The lowest BCUT2D eigenvalue weighted by Crippen LogP contribution is -2.79. The molecular weight excluding hydrogens is 580 g/mol. The summed E-state index contributed by atoms with van der Waals surface area (Å²) in [5, 5.41) is 17.3. The quantitative estimate of drug-likeness (QED) is 0.279. The van der Waals surface area contributed by atoms with Crippen LogP contribution in [0.2, 0.25) is 0 Å². The summed E-state index contributed by atoms with van der Waals surface area (Å²) in [5.74, 6) is -0.351. The molecular formula is C36H38N6O4. The van der Waals surface area contributed by atoms with E-state index >= 15 is 0 Å². The first kappa shape index (κ1) is 30.8. The lowest BCUT2D eigenvalue weighted by atomic mass is 9.94. The van der Waals surface area contributed by atoms with Crippen LogP contribution in [0.5, 0.6) is 5.75 Å². The number of hydrogen-bond donors (Lipinski definition) is 2. The molecule has 6 rings (SSSR count). The number of pyridine rings is 1. The van der Waals surface area contributed by atoms with Gasteiger partial charge in [-0.1, -0.05) is 72.8 Å². The van der Waals surface area contributed by atoms with Crippen molar-refractivity contribution in [3.63, 3.8) is 0 Å². The van der Waals surface area contributed by atoms with E-state index in [1.165, 1.54) is 0 Å². The van der Waals surface area contributed by atoms with E-state index in [9.17, 15) is 19.5 Å². The highest BCUT2D eigenvalue weighted by molar-refractivity contribution is 5.92. The summed E-state index contributed by atoms with van der Waals surface area (Å²) >= 11 is 0. The highest BCUT2D eigenvalue weighted by Gasteiger charge is 2.54. The fourth-order valence-corrected chi connectivity index (χ4v) is 6.58. The van der Waals surface area contributed by atoms with Crippen LogP contribution in [-0.4, -0.2) is 79.1 Å². The third kappa shape index (κ3) is 5.91. The molecule has 0 spiro atoms. The van der Waals surface area contributed by atoms with Crippen LogP contribution in [0.15, 0.2) is 104 Å². The third-order valence-electron chi connectivity index (χ3n) is 8.88. The van der Waals surface area contributed by atoms with Gasteiger partial charge in [-0.3, -0.25) is 14.6 Å². The van der Waals surface area contributed by atoms with Crippen molar-refractivity contribution in [2.75, 3.05) is 13.1 Å². The van der Waals surface area contributed by atoms with Crippen molar-refractivity contribution in [2.24, 2.45) is 0 Å². The van der Waals surface area contributed by atoms with Gasteiger partial charge in [-0.05, 0) is 48.7 Å². The van der Waals surface area contributed by atoms with Gasteiger partial charge in [0, 0.05) is 31.1 Å². The van der Waals surface area contributed by atoms with Crippen LogP contribution in [0.25, 0.3) is 10.9 Å². The van der Waals surface area contributed by atoms with Gasteiger partial charge in [0.25, 0.3) is 0 Å². The topological polar surface area (TPSA) is 109 Å². The van der Waals surface area contributed by atoms with E-state index in [0.717, 1.165) is 27.6 Å². The summed E-state index contributed by atoms with van der Waals surface area (Å²) in [6.45, 7) is 8.10.